The van der Waals surface area contributed by atoms with Crippen molar-refractivity contribution in [3.05, 3.63) is 29.3 Å². The van der Waals surface area contributed by atoms with E-state index in [0.717, 1.165) is 42.0 Å². The number of rotatable bonds is 6. The van der Waals surface area contributed by atoms with Gasteiger partial charge in [0.15, 0.2) is 15.8 Å². The number of sulfone groups is 1. The Bertz CT molecular complexity index is 727. The Labute approximate surface area is 181 Å². The van der Waals surface area contributed by atoms with E-state index >= 15 is 0 Å². The summed E-state index contributed by atoms with van der Waals surface area (Å²) in [5, 5.41) is 6.76. The third-order valence-corrected chi connectivity index (χ3v) is 6.35. The number of guanidine groups is 1. The van der Waals surface area contributed by atoms with Crippen LogP contribution in [0, 0.1) is 18.8 Å². The van der Waals surface area contributed by atoms with Gasteiger partial charge in [-0.15, -0.1) is 24.0 Å². The van der Waals surface area contributed by atoms with Gasteiger partial charge in [0.2, 0.25) is 0 Å². The number of halogens is 1. The Morgan fingerprint density at radius 1 is 1.19 bits per heavy atom. The Kier molecular flexibility index (Phi) is 10.1. The van der Waals surface area contributed by atoms with Gasteiger partial charge in [0.05, 0.1) is 11.4 Å². The predicted octanol–water partition coefficient (Wildman–Crippen LogP) is 3.90. The van der Waals surface area contributed by atoms with Crippen LogP contribution in [0.25, 0.3) is 0 Å². The summed E-state index contributed by atoms with van der Waals surface area (Å²) >= 11 is 0. The van der Waals surface area contributed by atoms with E-state index in [1.54, 1.807) is 6.07 Å². The zero-order valence-electron chi connectivity index (χ0n) is 16.9. The Morgan fingerprint density at radius 3 is 2.41 bits per heavy atom. The lowest BCUT2D eigenvalue weighted by Crippen LogP contribution is -2.40. The van der Waals surface area contributed by atoms with Gasteiger partial charge in [-0.25, -0.2) is 13.4 Å². The van der Waals surface area contributed by atoms with E-state index in [2.05, 4.69) is 29.5 Å². The molecule has 0 aliphatic heterocycles. The molecule has 27 heavy (non-hydrogen) atoms. The van der Waals surface area contributed by atoms with Crippen molar-refractivity contribution in [3.8, 4) is 0 Å². The fourth-order valence-electron chi connectivity index (χ4n) is 3.51. The summed E-state index contributed by atoms with van der Waals surface area (Å²) < 4.78 is 23.4. The number of aryl methyl sites for hydroxylation is 1. The molecule has 154 valence electrons. The van der Waals surface area contributed by atoms with Crippen molar-refractivity contribution in [2.24, 2.45) is 16.8 Å². The van der Waals surface area contributed by atoms with Crippen LogP contribution in [0.3, 0.4) is 0 Å². The van der Waals surface area contributed by atoms with Gasteiger partial charge in [-0.3, -0.25) is 0 Å². The second-order valence-electron chi connectivity index (χ2n) is 7.57. The summed E-state index contributed by atoms with van der Waals surface area (Å²) in [5.41, 5.74) is 1.79. The summed E-state index contributed by atoms with van der Waals surface area (Å²) in [5.74, 6) is 2.42. The van der Waals surface area contributed by atoms with E-state index in [9.17, 15) is 8.42 Å². The summed E-state index contributed by atoms with van der Waals surface area (Å²) in [6.07, 6.45) is 6.48. The fraction of sp³-hybridized carbons (Fsp3) is 0.650. The maximum atomic E-state index is 11.7. The van der Waals surface area contributed by atoms with Gasteiger partial charge in [-0.1, -0.05) is 31.9 Å². The lowest BCUT2D eigenvalue weighted by molar-refractivity contribution is 0.289. The first-order valence-corrected chi connectivity index (χ1v) is 11.5. The SMILES string of the molecule is CCNC(=NCc1ccc(S(C)(=O)=O)c(C)c1)NCC1CCC(C)CC1.I. The van der Waals surface area contributed by atoms with E-state index in [4.69, 9.17) is 0 Å². The highest BCUT2D eigenvalue weighted by Gasteiger charge is 2.18. The molecule has 1 aliphatic rings. The molecule has 0 unspecified atom stereocenters. The lowest BCUT2D eigenvalue weighted by Gasteiger charge is -2.26. The van der Waals surface area contributed by atoms with E-state index in [0.29, 0.717) is 11.4 Å². The normalized spacial score (nSPS) is 20.7. The van der Waals surface area contributed by atoms with Crippen LogP contribution in [0.15, 0.2) is 28.1 Å². The van der Waals surface area contributed by atoms with Gasteiger partial charge in [0, 0.05) is 19.3 Å². The average Bonchev–Trinajstić information content (AvgIpc) is 2.57. The molecule has 2 rings (SSSR count). The minimum absolute atomic E-state index is 0. The number of nitrogens with one attached hydrogen (secondary N) is 2. The van der Waals surface area contributed by atoms with Crippen LogP contribution >= 0.6 is 24.0 Å². The molecule has 2 N–H and O–H groups in total. The lowest BCUT2D eigenvalue weighted by atomic mass is 9.83. The van der Waals surface area contributed by atoms with Crippen LogP contribution in [0.1, 0.15) is 50.7 Å². The maximum Gasteiger partial charge on any atom is 0.191 e. The maximum absolute atomic E-state index is 11.7. The van der Waals surface area contributed by atoms with E-state index in [1.807, 2.05) is 19.1 Å². The van der Waals surface area contributed by atoms with Crippen LogP contribution in [0.2, 0.25) is 0 Å². The van der Waals surface area contributed by atoms with Gasteiger partial charge < -0.3 is 10.6 Å². The molecule has 0 bridgehead atoms. The zero-order chi connectivity index (χ0) is 19.2. The molecule has 0 spiro atoms. The Balaban J connectivity index is 0.00000364. The molecule has 0 aromatic heterocycles. The number of hydrogen-bond donors (Lipinski definition) is 2. The minimum atomic E-state index is -3.18. The van der Waals surface area contributed by atoms with Crippen LogP contribution in [-0.2, 0) is 16.4 Å². The van der Waals surface area contributed by atoms with E-state index in [1.165, 1.54) is 31.9 Å². The highest BCUT2D eigenvalue weighted by molar-refractivity contribution is 14.0. The second-order valence-corrected chi connectivity index (χ2v) is 9.56. The van der Waals surface area contributed by atoms with Crippen LogP contribution in [0.4, 0.5) is 0 Å². The standard InChI is InChI=1S/C20H33N3O2S.HI/c1-5-21-20(22-13-17-8-6-15(2)7-9-17)23-14-18-10-11-19(16(3)12-18)26(4,24)25;/h10-12,15,17H,5-9,13-14H2,1-4H3,(H2,21,22,23);1H. The molecular weight excluding hydrogens is 473 g/mol. The van der Waals surface area contributed by atoms with Crippen molar-refractivity contribution >= 4 is 39.8 Å². The van der Waals surface area contributed by atoms with Crippen molar-refractivity contribution in [3.63, 3.8) is 0 Å². The highest BCUT2D eigenvalue weighted by Crippen LogP contribution is 2.27. The molecule has 1 saturated carbocycles. The van der Waals surface area contributed by atoms with Gasteiger partial charge in [0.1, 0.15) is 0 Å². The zero-order valence-corrected chi connectivity index (χ0v) is 20.1. The van der Waals surface area contributed by atoms with Crippen molar-refractivity contribution < 1.29 is 8.42 Å². The quantitative estimate of drug-likeness (QED) is 0.348. The number of aliphatic imine (C=N–C) groups is 1. The third kappa shape index (κ3) is 7.97. The molecule has 5 nitrogen and oxygen atoms in total. The van der Waals surface area contributed by atoms with Crippen molar-refractivity contribution in [1.29, 1.82) is 0 Å². The highest BCUT2D eigenvalue weighted by atomic mass is 127. The molecule has 0 amide bonds. The molecule has 1 aromatic carbocycles. The largest absolute Gasteiger partial charge is 0.357 e. The van der Waals surface area contributed by atoms with Crippen LogP contribution < -0.4 is 10.6 Å². The number of hydrogen-bond acceptors (Lipinski definition) is 3. The smallest absolute Gasteiger partial charge is 0.191 e. The summed E-state index contributed by atoms with van der Waals surface area (Å²) in [4.78, 5) is 5.05. The molecule has 1 fully saturated rings. The molecule has 0 radical (unpaired) electrons. The van der Waals surface area contributed by atoms with Crippen LogP contribution in [0.5, 0.6) is 0 Å². The summed E-state index contributed by atoms with van der Waals surface area (Å²) in [6, 6.07) is 5.43. The van der Waals surface area contributed by atoms with Gasteiger partial charge >= 0.3 is 0 Å². The monoisotopic (exact) mass is 507 g/mol. The van der Waals surface area contributed by atoms with Gasteiger partial charge in [-0.05, 0) is 55.7 Å². The average molecular weight is 507 g/mol. The predicted molar refractivity (Wildman–Crippen MR) is 124 cm³/mol. The van der Waals surface area contributed by atoms with E-state index < -0.39 is 9.84 Å². The third-order valence-electron chi connectivity index (χ3n) is 5.10. The van der Waals surface area contributed by atoms with Crippen molar-refractivity contribution in [2.75, 3.05) is 19.3 Å². The van der Waals surface area contributed by atoms with Crippen molar-refractivity contribution in [1.82, 2.24) is 10.6 Å². The molecule has 1 aliphatic carbocycles. The molecule has 0 heterocycles. The number of nitrogens with zero attached hydrogens (tertiary/aromatic N) is 1. The summed E-state index contributed by atoms with van der Waals surface area (Å²) in [6.45, 7) is 8.54. The van der Waals surface area contributed by atoms with Gasteiger partial charge in [-0.2, -0.15) is 0 Å². The first kappa shape index (κ1) is 24.2. The topological polar surface area (TPSA) is 70.6 Å². The second kappa shape index (κ2) is 11.2. The van der Waals surface area contributed by atoms with Gasteiger partial charge in [0.25, 0.3) is 0 Å². The van der Waals surface area contributed by atoms with E-state index in [-0.39, 0.29) is 24.0 Å². The molecule has 1 aromatic rings. The first-order valence-electron chi connectivity index (χ1n) is 9.61. The molecule has 0 saturated heterocycles. The molecular formula is C20H34IN3O2S. The number of benzene rings is 1. The van der Waals surface area contributed by atoms with Crippen LogP contribution in [-0.4, -0.2) is 33.7 Å². The molecule has 0 atom stereocenters. The summed E-state index contributed by atoms with van der Waals surface area (Å²) in [7, 11) is -3.18. The van der Waals surface area contributed by atoms with Crippen molar-refractivity contribution in [2.45, 2.75) is 57.9 Å². The molecule has 7 heteroatoms. The Hall–Kier alpha value is -0.830. The first-order chi connectivity index (χ1) is 12.3. The Morgan fingerprint density at radius 2 is 1.85 bits per heavy atom. The fourth-order valence-corrected chi connectivity index (χ4v) is 4.47. The minimum Gasteiger partial charge on any atom is -0.357 e.